The highest BCUT2D eigenvalue weighted by molar-refractivity contribution is 5.68. The number of hydrogen-bond donors (Lipinski definition) is 3. The fourth-order valence-electron chi connectivity index (χ4n) is 13.2. The number of anilines is 3. The molecule has 0 amide bonds. The highest BCUT2D eigenvalue weighted by atomic mass is 16.5. The van der Waals surface area contributed by atoms with Crippen molar-refractivity contribution in [3.63, 3.8) is 0 Å². The van der Waals surface area contributed by atoms with Crippen LogP contribution >= 0.6 is 0 Å². The Balaban J connectivity index is 1.29. The molecule has 6 heteroatoms. The molecule has 0 radical (unpaired) electrons. The third kappa shape index (κ3) is 5.65. The summed E-state index contributed by atoms with van der Waals surface area (Å²) in [4.78, 5) is 0. The zero-order chi connectivity index (χ0) is 36.2. The Kier molecular flexibility index (Phi) is 7.59. The molecule has 12 rings (SSSR count). The zero-order valence-corrected chi connectivity index (χ0v) is 31.7. The maximum atomic E-state index is 7.55. The normalized spacial score (nSPS) is 31.9. The van der Waals surface area contributed by atoms with Crippen LogP contribution < -0.4 is 31.4 Å². The van der Waals surface area contributed by atoms with Crippen LogP contribution in [0, 0.1) is 56.3 Å². The van der Waals surface area contributed by atoms with Gasteiger partial charge in [0.2, 0.25) is 0 Å². The van der Waals surface area contributed by atoms with E-state index in [0.29, 0.717) is 34.8 Å². The van der Waals surface area contributed by atoms with Gasteiger partial charge < -0.3 is 31.4 Å². The Morgan fingerprint density at radius 3 is 1.21 bits per heavy atom. The van der Waals surface area contributed by atoms with Gasteiger partial charge in [0, 0.05) is 51.8 Å². The van der Waals surface area contributed by atoms with Crippen molar-refractivity contribution in [2.45, 2.75) is 109 Å². The van der Waals surface area contributed by atoms with Crippen molar-refractivity contribution in [3.05, 3.63) is 88.5 Å². The van der Waals surface area contributed by atoms with E-state index in [2.05, 4.69) is 39.0 Å². The van der Waals surface area contributed by atoms with Crippen molar-refractivity contribution in [1.82, 2.24) is 0 Å². The molecule has 8 bridgehead atoms. The van der Waals surface area contributed by atoms with Gasteiger partial charge in [-0.25, -0.2) is 0 Å². The smallest absolute Gasteiger partial charge is 0.177 e. The second-order valence-electron chi connectivity index (χ2n) is 18.7. The Labute approximate surface area is 314 Å². The van der Waals surface area contributed by atoms with Crippen molar-refractivity contribution in [1.29, 1.82) is 0 Å². The monoisotopic (exact) mass is 709 g/mol. The number of rotatable bonds is 8. The van der Waals surface area contributed by atoms with E-state index in [1.165, 1.54) is 68.9 Å². The first-order valence-corrected chi connectivity index (χ1v) is 20.4. The van der Waals surface area contributed by atoms with E-state index in [1.807, 2.05) is 42.5 Å². The van der Waals surface area contributed by atoms with Crippen LogP contribution in [0.15, 0.2) is 60.7 Å². The van der Waals surface area contributed by atoms with Crippen LogP contribution in [0.2, 0.25) is 0 Å². The van der Waals surface area contributed by atoms with Gasteiger partial charge in [-0.2, -0.15) is 0 Å². The average molecular weight is 710 g/mol. The van der Waals surface area contributed by atoms with E-state index in [9.17, 15) is 0 Å². The first-order valence-electron chi connectivity index (χ1n) is 20.4. The quantitative estimate of drug-likeness (QED) is 0.157. The fraction of sp³-hybridized carbons (Fsp3) is 0.489. The van der Waals surface area contributed by atoms with Crippen LogP contribution in [0.5, 0.6) is 34.5 Å². The SMILES string of the molecule is Cc1ccc(N)cc1Oc1cc(C23CC4CC(CC(C4)C2)C3)c(Oc2cc(N)ccc2C)c(C23CC4CC(CC(C4)C2)C3)c1Oc1cc(N)ccc1C. The molecule has 4 aromatic rings. The predicted molar refractivity (Wildman–Crippen MR) is 213 cm³/mol. The zero-order valence-electron chi connectivity index (χ0n) is 31.7. The molecule has 0 spiro atoms. The molecule has 0 aliphatic heterocycles. The summed E-state index contributed by atoms with van der Waals surface area (Å²) in [5.74, 6) is 9.31. The summed E-state index contributed by atoms with van der Waals surface area (Å²) in [6.07, 6.45) is 15.2. The molecular weight excluding hydrogens is 655 g/mol. The third-order valence-corrected chi connectivity index (χ3v) is 14.7. The number of ether oxygens (including phenoxy) is 3. The van der Waals surface area contributed by atoms with Crippen molar-refractivity contribution in [2.75, 3.05) is 17.2 Å². The van der Waals surface area contributed by atoms with Gasteiger partial charge >= 0.3 is 0 Å². The van der Waals surface area contributed by atoms with Crippen molar-refractivity contribution in [2.24, 2.45) is 35.5 Å². The molecule has 6 nitrogen and oxygen atoms in total. The maximum absolute atomic E-state index is 7.55. The molecule has 0 aromatic heterocycles. The summed E-state index contributed by atoms with van der Waals surface area (Å²) in [6.45, 7) is 6.33. The lowest BCUT2D eigenvalue weighted by molar-refractivity contribution is -0.0107. The van der Waals surface area contributed by atoms with Crippen LogP contribution in [0.3, 0.4) is 0 Å². The minimum absolute atomic E-state index is 0.0177. The standard InChI is InChI=1S/C47H55N3O3/c1-26-4-7-35(48)16-39(26)51-42-19-38(46-20-29-10-30(21-46)12-31(11-29)22-46)44(52-40-17-36(49)8-5-27(40)2)43(45(42)53-41-18-37(50)9-6-28(41)3)47-23-32-13-33(24-47)15-34(14-32)25-47/h4-9,16-19,29-34H,10-15,20-25,48-50H2,1-3H3. The summed E-state index contributed by atoms with van der Waals surface area (Å²) >= 11 is 0. The first-order chi connectivity index (χ1) is 25.5. The van der Waals surface area contributed by atoms with E-state index in [-0.39, 0.29) is 10.8 Å². The van der Waals surface area contributed by atoms with Gasteiger partial charge in [-0.15, -0.1) is 0 Å². The topological polar surface area (TPSA) is 106 Å². The summed E-state index contributed by atoms with van der Waals surface area (Å²) in [5.41, 5.74) is 27.0. The predicted octanol–water partition coefficient (Wildman–Crippen LogP) is 11.7. The van der Waals surface area contributed by atoms with Crippen LogP contribution in [-0.4, -0.2) is 0 Å². The largest absolute Gasteiger partial charge is 0.456 e. The number of nitrogens with two attached hydrogens (primary N) is 3. The van der Waals surface area contributed by atoms with Gasteiger partial charge in [0.1, 0.15) is 23.0 Å². The Bertz CT molecular complexity index is 2050. The minimum Gasteiger partial charge on any atom is -0.456 e. The highest BCUT2D eigenvalue weighted by Crippen LogP contribution is 2.69. The molecule has 0 unspecified atom stereocenters. The second kappa shape index (κ2) is 12.1. The van der Waals surface area contributed by atoms with Gasteiger partial charge in [-0.3, -0.25) is 0 Å². The van der Waals surface area contributed by atoms with Gasteiger partial charge in [0.15, 0.2) is 11.5 Å². The summed E-state index contributed by atoms with van der Waals surface area (Å²) in [5, 5.41) is 0. The van der Waals surface area contributed by atoms with Crippen LogP contribution in [0.1, 0.15) is 105 Å². The summed E-state index contributed by atoms with van der Waals surface area (Å²) in [6, 6.07) is 20.3. The Morgan fingerprint density at radius 2 is 0.792 bits per heavy atom. The molecule has 6 N–H and O–H groups in total. The molecule has 0 atom stereocenters. The van der Waals surface area contributed by atoms with E-state index < -0.39 is 0 Å². The minimum atomic E-state index is -0.0942. The summed E-state index contributed by atoms with van der Waals surface area (Å²) < 4.78 is 22.1. The second-order valence-corrected chi connectivity index (χ2v) is 18.7. The number of benzene rings is 4. The summed E-state index contributed by atoms with van der Waals surface area (Å²) in [7, 11) is 0. The number of aryl methyl sites for hydroxylation is 3. The lowest BCUT2D eigenvalue weighted by Gasteiger charge is -2.59. The van der Waals surface area contributed by atoms with Gasteiger partial charge in [-0.05, 0) is 180 Å². The van der Waals surface area contributed by atoms with E-state index in [1.54, 1.807) is 0 Å². The average Bonchev–Trinajstić information content (AvgIpc) is 3.09. The van der Waals surface area contributed by atoms with Gasteiger partial charge in [-0.1, -0.05) is 18.2 Å². The Morgan fingerprint density at radius 1 is 0.434 bits per heavy atom. The highest BCUT2D eigenvalue weighted by Gasteiger charge is 2.57. The fourth-order valence-corrected chi connectivity index (χ4v) is 13.2. The van der Waals surface area contributed by atoms with Crippen molar-refractivity contribution < 1.29 is 14.2 Å². The molecule has 276 valence electrons. The lowest BCUT2D eigenvalue weighted by atomic mass is 9.46. The third-order valence-electron chi connectivity index (χ3n) is 14.7. The number of hydrogen-bond acceptors (Lipinski definition) is 6. The van der Waals surface area contributed by atoms with Crippen LogP contribution in [0.4, 0.5) is 17.1 Å². The van der Waals surface area contributed by atoms with Gasteiger partial charge in [0.25, 0.3) is 0 Å². The maximum Gasteiger partial charge on any atom is 0.177 e. The molecule has 8 aliphatic rings. The molecule has 8 saturated carbocycles. The molecule has 8 fully saturated rings. The van der Waals surface area contributed by atoms with E-state index in [4.69, 9.17) is 31.4 Å². The van der Waals surface area contributed by atoms with Crippen molar-refractivity contribution in [3.8, 4) is 34.5 Å². The first kappa shape index (κ1) is 33.3. The molecule has 4 aromatic carbocycles. The molecule has 0 heterocycles. The van der Waals surface area contributed by atoms with Crippen molar-refractivity contribution >= 4 is 17.1 Å². The van der Waals surface area contributed by atoms with Crippen LogP contribution in [-0.2, 0) is 10.8 Å². The molecule has 0 saturated heterocycles. The molecule has 53 heavy (non-hydrogen) atoms. The van der Waals surface area contributed by atoms with E-state index in [0.717, 1.165) is 88.2 Å². The Hall–Kier alpha value is -4.32. The lowest BCUT2D eigenvalue weighted by Crippen LogP contribution is -2.50. The van der Waals surface area contributed by atoms with Crippen LogP contribution in [0.25, 0.3) is 0 Å². The van der Waals surface area contributed by atoms with Gasteiger partial charge in [0.05, 0.1) is 0 Å². The number of nitrogen functional groups attached to an aromatic ring is 3. The molecule has 8 aliphatic carbocycles. The molecular formula is C47H55N3O3. The van der Waals surface area contributed by atoms with E-state index >= 15 is 0 Å².